The Hall–Kier alpha value is -2.77. The molecule has 0 spiro atoms. The molecular weight excluding hydrogens is 272 g/mol. The molecule has 1 aliphatic carbocycles. The SMILES string of the molecule is O=C(Cn1cc(NC(=O)C2CC2)nn1)Nc1cccnc1. The summed E-state index contributed by atoms with van der Waals surface area (Å²) < 4.78 is 1.37. The summed E-state index contributed by atoms with van der Waals surface area (Å²) in [5, 5.41) is 13.0. The molecule has 1 aliphatic rings. The Labute approximate surface area is 120 Å². The van der Waals surface area contributed by atoms with Gasteiger partial charge in [0.15, 0.2) is 5.82 Å². The molecule has 2 aromatic heterocycles. The quantitative estimate of drug-likeness (QED) is 0.840. The predicted molar refractivity (Wildman–Crippen MR) is 74.2 cm³/mol. The van der Waals surface area contributed by atoms with Gasteiger partial charge in [0.2, 0.25) is 11.8 Å². The highest BCUT2D eigenvalue weighted by atomic mass is 16.2. The van der Waals surface area contributed by atoms with E-state index < -0.39 is 0 Å². The van der Waals surface area contributed by atoms with Crippen molar-refractivity contribution >= 4 is 23.3 Å². The van der Waals surface area contributed by atoms with Crippen LogP contribution in [-0.4, -0.2) is 31.8 Å². The fraction of sp³-hybridized carbons (Fsp3) is 0.308. The Balaban J connectivity index is 1.54. The molecular formula is C13H14N6O2. The van der Waals surface area contributed by atoms with Crippen LogP contribution in [0.2, 0.25) is 0 Å². The number of anilines is 2. The minimum atomic E-state index is -0.243. The summed E-state index contributed by atoms with van der Waals surface area (Å²) in [6, 6.07) is 3.48. The third-order valence-corrected chi connectivity index (χ3v) is 2.99. The summed E-state index contributed by atoms with van der Waals surface area (Å²) in [6.07, 6.45) is 6.56. The van der Waals surface area contributed by atoms with E-state index in [1.807, 2.05) is 0 Å². The molecule has 0 radical (unpaired) electrons. The first-order valence-corrected chi connectivity index (χ1v) is 6.61. The first-order chi connectivity index (χ1) is 10.2. The van der Waals surface area contributed by atoms with Crippen molar-refractivity contribution in [1.82, 2.24) is 20.0 Å². The highest BCUT2D eigenvalue weighted by molar-refractivity contribution is 5.93. The summed E-state index contributed by atoms with van der Waals surface area (Å²) in [7, 11) is 0. The van der Waals surface area contributed by atoms with Crippen molar-refractivity contribution in [1.29, 1.82) is 0 Å². The van der Waals surface area contributed by atoms with Crippen LogP contribution < -0.4 is 10.6 Å². The maximum absolute atomic E-state index is 11.8. The normalized spacial score (nSPS) is 13.7. The lowest BCUT2D eigenvalue weighted by atomic mass is 10.4. The standard InChI is InChI=1S/C13H14N6O2/c20-12(15-10-2-1-5-14-6-10)8-19-7-11(17-18-19)16-13(21)9-3-4-9/h1-2,5-7,9H,3-4,8H2,(H,15,20)(H,16,21). The van der Waals surface area contributed by atoms with Crippen LogP contribution in [0.5, 0.6) is 0 Å². The van der Waals surface area contributed by atoms with E-state index in [2.05, 4.69) is 25.9 Å². The number of nitrogens with one attached hydrogen (secondary N) is 2. The third-order valence-electron chi connectivity index (χ3n) is 2.99. The van der Waals surface area contributed by atoms with Crippen LogP contribution in [0.25, 0.3) is 0 Å². The number of carbonyl (C=O) groups excluding carboxylic acids is 2. The molecule has 0 aromatic carbocycles. The van der Waals surface area contributed by atoms with Crippen molar-refractivity contribution in [2.75, 3.05) is 10.6 Å². The maximum Gasteiger partial charge on any atom is 0.246 e. The van der Waals surface area contributed by atoms with Crippen LogP contribution in [0.15, 0.2) is 30.7 Å². The monoisotopic (exact) mass is 286 g/mol. The number of aromatic nitrogens is 4. The third kappa shape index (κ3) is 3.62. The average Bonchev–Trinajstić information content (AvgIpc) is 3.23. The van der Waals surface area contributed by atoms with E-state index in [0.717, 1.165) is 12.8 Å². The lowest BCUT2D eigenvalue weighted by Crippen LogP contribution is -2.19. The fourth-order valence-electron chi connectivity index (χ4n) is 1.79. The van der Waals surface area contributed by atoms with Crippen LogP contribution >= 0.6 is 0 Å². The van der Waals surface area contributed by atoms with Crippen molar-refractivity contribution in [2.45, 2.75) is 19.4 Å². The smallest absolute Gasteiger partial charge is 0.246 e. The van der Waals surface area contributed by atoms with E-state index in [1.165, 1.54) is 10.9 Å². The topological polar surface area (TPSA) is 102 Å². The molecule has 2 aromatic rings. The molecule has 8 heteroatoms. The molecule has 2 heterocycles. The summed E-state index contributed by atoms with van der Waals surface area (Å²) in [5.41, 5.74) is 0.616. The van der Waals surface area contributed by atoms with E-state index in [0.29, 0.717) is 11.5 Å². The molecule has 3 rings (SSSR count). The summed E-state index contributed by atoms with van der Waals surface area (Å²) in [4.78, 5) is 27.3. The molecule has 1 saturated carbocycles. The van der Waals surface area contributed by atoms with Gasteiger partial charge in [-0.15, -0.1) is 5.10 Å². The first kappa shape index (κ1) is 13.2. The van der Waals surface area contributed by atoms with Crippen molar-refractivity contribution in [3.05, 3.63) is 30.7 Å². The van der Waals surface area contributed by atoms with Crippen molar-refractivity contribution in [3.63, 3.8) is 0 Å². The van der Waals surface area contributed by atoms with Crippen LogP contribution in [0, 0.1) is 5.92 Å². The number of pyridine rings is 1. The largest absolute Gasteiger partial charge is 0.323 e. The van der Waals surface area contributed by atoms with E-state index in [4.69, 9.17) is 0 Å². The summed E-state index contributed by atoms with van der Waals surface area (Å²) in [6.45, 7) is 0.0151. The first-order valence-electron chi connectivity index (χ1n) is 6.61. The van der Waals surface area contributed by atoms with Crippen LogP contribution in [0.4, 0.5) is 11.5 Å². The number of carbonyl (C=O) groups is 2. The molecule has 2 amide bonds. The Morgan fingerprint density at radius 3 is 2.90 bits per heavy atom. The lowest BCUT2D eigenvalue weighted by Gasteiger charge is -2.03. The number of amides is 2. The Morgan fingerprint density at radius 2 is 2.19 bits per heavy atom. The molecule has 108 valence electrons. The summed E-state index contributed by atoms with van der Waals surface area (Å²) >= 11 is 0. The second-order valence-electron chi connectivity index (χ2n) is 4.85. The molecule has 0 atom stereocenters. The van der Waals surface area contributed by atoms with Gasteiger partial charge in [-0.3, -0.25) is 14.6 Å². The predicted octanol–water partition coefficient (Wildman–Crippen LogP) is 0.660. The second-order valence-corrected chi connectivity index (χ2v) is 4.85. The zero-order valence-corrected chi connectivity index (χ0v) is 11.2. The van der Waals surface area contributed by atoms with Gasteiger partial charge in [-0.1, -0.05) is 5.21 Å². The highest BCUT2D eigenvalue weighted by Crippen LogP contribution is 2.29. The molecule has 2 N–H and O–H groups in total. The second kappa shape index (κ2) is 5.70. The van der Waals surface area contributed by atoms with Gasteiger partial charge in [-0.2, -0.15) is 0 Å². The average molecular weight is 286 g/mol. The van der Waals surface area contributed by atoms with Gasteiger partial charge in [-0.25, -0.2) is 4.68 Å². The molecule has 21 heavy (non-hydrogen) atoms. The minimum absolute atomic E-state index is 0.0151. The molecule has 0 saturated heterocycles. The Bertz CT molecular complexity index is 650. The fourth-order valence-corrected chi connectivity index (χ4v) is 1.79. The van der Waals surface area contributed by atoms with E-state index in [-0.39, 0.29) is 24.3 Å². The van der Waals surface area contributed by atoms with Gasteiger partial charge in [-0.05, 0) is 25.0 Å². The van der Waals surface area contributed by atoms with Crippen molar-refractivity contribution in [3.8, 4) is 0 Å². The zero-order chi connectivity index (χ0) is 14.7. The van der Waals surface area contributed by atoms with E-state index in [1.54, 1.807) is 24.5 Å². The highest BCUT2D eigenvalue weighted by Gasteiger charge is 2.30. The maximum atomic E-state index is 11.8. The van der Waals surface area contributed by atoms with Gasteiger partial charge < -0.3 is 10.6 Å². The molecule has 1 fully saturated rings. The summed E-state index contributed by atoms with van der Waals surface area (Å²) in [5.74, 6) is 0.180. The van der Waals surface area contributed by atoms with Gasteiger partial charge in [0, 0.05) is 12.1 Å². The van der Waals surface area contributed by atoms with Crippen LogP contribution in [-0.2, 0) is 16.1 Å². The number of rotatable bonds is 5. The van der Waals surface area contributed by atoms with Crippen molar-refractivity contribution < 1.29 is 9.59 Å². The van der Waals surface area contributed by atoms with Crippen LogP contribution in [0.3, 0.4) is 0 Å². The Morgan fingerprint density at radius 1 is 1.33 bits per heavy atom. The molecule has 8 nitrogen and oxygen atoms in total. The molecule has 0 aliphatic heterocycles. The van der Waals surface area contributed by atoms with Gasteiger partial charge in [0.05, 0.1) is 18.1 Å². The molecule has 0 bridgehead atoms. The van der Waals surface area contributed by atoms with Crippen LogP contribution in [0.1, 0.15) is 12.8 Å². The van der Waals surface area contributed by atoms with Gasteiger partial charge in [0.1, 0.15) is 6.54 Å². The van der Waals surface area contributed by atoms with E-state index >= 15 is 0 Å². The van der Waals surface area contributed by atoms with Gasteiger partial charge >= 0.3 is 0 Å². The Kier molecular flexibility index (Phi) is 3.59. The molecule has 0 unspecified atom stereocenters. The van der Waals surface area contributed by atoms with E-state index in [9.17, 15) is 9.59 Å². The zero-order valence-electron chi connectivity index (χ0n) is 11.2. The number of hydrogen-bond donors (Lipinski definition) is 2. The number of nitrogens with zero attached hydrogens (tertiary/aromatic N) is 4. The number of hydrogen-bond acceptors (Lipinski definition) is 5. The van der Waals surface area contributed by atoms with Gasteiger partial charge in [0.25, 0.3) is 0 Å². The minimum Gasteiger partial charge on any atom is -0.323 e. The lowest BCUT2D eigenvalue weighted by molar-refractivity contribution is -0.117. The van der Waals surface area contributed by atoms with Crippen molar-refractivity contribution in [2.24, 2.45) is 5.92 Å².